The number of methoxy groups -OCH3 is 1. The van der Waals surface area contributed by atoms with Crippen LogP contribution in [0.3, 0.4) is 0 Å². The van der Waals surface area contributed by atoms with Crippen molar-refractivity contribution >= 4 is 17.0 Å². The van der Waals surface area contributed by atoms with Gasteiger partial charge in [0.15, 0.2) is 0 Å². The van der Waals surface area contributed by atoms with Crippen LogP contribution in [0.15, 0.2) is 36.4 Å². The summed E-state index contributed by atoms with van der Waals surface area (Å²) >= 11 is 1.71. The Morgan fingerprint density at radius 1 is 1.21 bits per heavy atom. The van der Waals surface area contributed by atoms with Gasteiger partial charge in [0.25, 0.3) is 5.69 Å². The number of rotatable bonds is 10. The van der Waals surface area contributed by atoms with Crippen molar-refractivity contribution in [2.45, 2.75) is 6.54 Å². The van der Waals surface area contributed by atoms with Gasteiger partial charge in [-0.2, -0.15) is 0 Å². The summed E-state index contributed by atoms with van der Waals surface area (Å²) in [5.41, 5.74) is 1.13. The van der Waals surface area contributed by atoms with Crippen molar-refractivity contribution in [3.63, 3.8) is 0 Å². The van der Waals surface area contributed by atoms with Crippen molar-refractivity contribution < 1.29 is 9.66 Å². The third kappa shape index (κ3) is 5.68. The molecule has 0 atom stereocenters. The largest absolute Gasteiger partial charge is 0.383 e. The molecule has 1 aromatic heterocycles. The number of nitro benzene ring substituents is 1. The Kier molecular flexibility index (Phi) is 7.33. The fourth-order valence-electron chi connectivity index (χ4n) is 2.22. The van der Waals surface area contributed by atoms with Gasteiger partial charge in [0, 0.05) is 55.2 Å². The van der Waals surface area contributed by atoms with Crippen LogP contribution in [-0.4, -0.2) is 50.2 Å². The summed E-state index contributed by atoms with van der Waals surface area (Å²) in [6.07, 6.45) is 0. The number of benzene rings is 1. The zero-order valence-corrected chi connectivity index (χ0v) is 14.8. The summed E-state index contributed by atoms with van der Waals surface area (Å²) in [6, 6.07) is 10.8. The Morgan fingerprint density at radius 2 is 1.96 bits per heavy atom. The van der Waals surface area contributed by atoms with Crippen LogP contribution in [0.25, 0.3) is 10.4 Å². The lowest BCUT2D eigenvalue weighted by Gasteiger charge is -2.15. The third-order valence-electron chi connectivity index (χ3n) is 3.67. The molecule has 7 heteroatoms. The minimum atomic E-state index is -0.378. The maximum atomic E-state index is 10.7. The van der Waals surface area contributed by atoms with E-state index in [1.54, 1.807) is 42.7 Å². The van der Waals surface area contributed by atoms with E-state index >= 15 is 0 Å². The fourth-order valence-corrected chi connectivity index (χ4v) is 3.20. The van der Waals surface area contributed by atoms with E-state index in [0.29, 0.717) is 0 Å². The molecule has 130 valence electrons. The van der Waals surface area contributed by atoms with Gasteiger partial charge in [0.05, 0.1) is 11.5 Å². The smallest absolute Gasteiger partial charge is 0.269 e. The van der Waals surface area contributed by atoms with E-state index in [0.717, 1.165) is 43.2 Å². The number of hydrogen-bond acceptors (Lipinski definition) is 6. The van der Waals surface area contributed by atoms with E-state index in [2.05, 4.69) is 29.4 Å². The molecule has 0 saturated heterocycles. The second-order valence-electron chi connectivity index (χ2n) is 5.54. The van der Waals surface area contributed by atoms with Crippen LogP contribution in [-0.2, 0) is 11.3 Å². The number of nitrogens with one attached hydrogen (secondary N) is 1. The van der Waals surface area contributed by atoms with E-state index in [1.807, 2.05) is 0 Å². The third-order valence-corrected chi connectivity index (χ3v) is 4.81. The van der Waals surface area contributed by atoms with Crippen LogP contribution >= 0.6 is 11.3 Å². The Morgan fingerprint density at radius 3 is 2.62 bits per heavy atom. The van der Waals surface area contributed by atoms with Crippen LogP contribution < -0.4 is 5.32 Å². The molecule has 0 spiro atoms. The Labute approximate surface area is 146 Å². The molecule has 2 aromatic rings. The predicted octanol–water partition coefficient (Wildman–Crippen LogP) is 2.99. The molecule has 1 N–H and O–H groups in total. The molecule has 0 radical (unpaired) electrons. The zero-order valence-electron chi connectivity index (χ0n) is 14.0. The van der Waals surface area contributed by atoms with Gasteiger partial charge >= 0.3 is 0 Å². The molecule has 24 heavy (non-hydrogen) atoms. The molecule has 0 amide bonds. The first-order valence-corrected chi connectivity index (χ1v) is 8.63. The molecule has 0 aliphatic heterocycles. The molecule has 0 fully saturated rings. The molecule has 0 aliphatic carbocycles. The zero-order chi connectivity index (χ0) is 17.4. The number of nitro groups is 1. The van der Waals surface area contributed by atoms with Gasteiger partial charge < -0.3 is 15.0 Å². The van der Waals surface area contributed by atoms with E-state index < -0.39 is 0 Å². The molecule has 2 rings (SSSR count). The standard InChI is InChI=1S/C17H23N3O3S/c1-19(11-12-23-2)10-9-18-13-16-7-8-17(24-16)14-3-5-15(6-4-14)20(21)22/h3-8,18H,9-13H2,1-2H3. The topological polar surface area (TPSA) is 67.6 Å². The number of hydrogen-bond donors (Lipinski definition) is 1. The first-order valence-electron chi connectivity index (χ1n) is 7.82. The van der Waals surface area contributed by atoms with Gasteiger partial charge in [-0.1, -0.05) is 0 Å². The molecule has 0 bridgehead atoms. The van der Waals surface area contributed by atoms with Gasteiger partial charge in [-0.15, -0.1) is 11.3 Å². The van der Waals surface area contributed by atoms with E-state index in [4.69, 9.17) is 4.74 Å². The molecule has 1 aromatic carbocycles. The van der Waals surface area contributed by atoms with Gasteiger partial charge in [-0.3, -0.25) is 10.1 Å². The van der Waals surface area contributed by atoms with Crippen molar-refractivity contribution in [1.29, 1.82) is 0 Å². The predicted molar refractivity (Wildman–Crippen MR) is 97.5 cm³/mol. The van der Waals surface area contributed by atoms with Crippen molar-refractivity contribution in [3.8, 4) is 10.4 Å². The molecule has 0 aliphatic rings. The highest BCUT2D eigenvalue weighted by molar-refractivity contribution is 7.15. The molecule has 0 saturated carbocycles. The fraction of sp³-hybridized carbons (Fsp3) is 0.412. The highest BCUT2D eigenvalue weighted by atomic mass is 32.1. The van der Waals surface area contributed by atoms with E-state index in [-0.39, 0.29) is 10.6 Å². The average molecular weight is 349 g/mol. The summed E-state index contributed by atoms with van der Waals surface area (Å²) in [4.78, 5) is 14.9. The van der Waals surface area contributed by atoms with Crippen molar-refractivity contribution in [2.24, 2.45) is 0 Å². The number of likely N-dealkylation sites (N-methyl/N-ethyl adjacent to an activating group) is 1. The lowest BCUT2D eigenvalue weighted by Crippen LogP contribution is -2.31. The van der Waals surface area contributed by atoms with Crippen LogP contribution in [0.1, 0.15) is 4.88 Å². The minimum Gasteiger partial charge on any atom is -0.383 e. The SMILES string of the molecule is COCCN(C)CCNCc1ccc(-c2ccc([N+](=O)[O-])cc2)s1. The molecule has 6 nitrogen and oxygen atoms in total. The number of non-ortho nitro benzene ring substituents is 1. The molecular formula is C17H23N3O3S. The summed E-state index contributed by atoms with van der Waals surface area (Å²) in [7, 11) is 3.80. The van der Waals surface area contributed by atoms with Crippen molar-refractivity contribution in [3.05, 3.63) is 51.4 Å². The summed E-state index contributed by atoms with van der Waals surface area (Å²) in [5, 5.41) is 14.1. The first-order chi connectivity index (χ1) is 11.6. The normalized spacial score (nSPS) is 11.1. The van der Waals surface area contributed by atoms with Crippen LogP contribution in [0.5, 0.6) is 0 Å². The number of thiophene rings is 1. The lowest BCUT2D eigenvalue weighted by atomic mass is 10.2. The van der Waals surface area contributed by atoms with Crippen LogP contribution in [0.4, 0.5) is 5.69 Å². The highest BCUT2D eigenvalue weighted by Gasteiger charge is 2.07. The quantitative estimate of drug-likeness (QED) is 0.406. The average Bonchev–Trinajstić information content (AvgIpc) is 3.06. The highest BCUT2D eigenvalue weighted by Crippen LogP contribution is 2.29. The van der Waals surface area contributed by atoms with Gasteiger partial charge in [0.2, 0.25) is 0 Å². The van der Waals surface area contributed by atoms with Crippen molar-refractivity contribution in [1.82, 2.24) is 10.2 Å². The Bertz CT molecular complexity index is 643. The molecule has 0 unspecified atom stereocenters. The lowest BCUT2D eigenvalue weighted by molar-refractivity contribution is -0.384. The van der Waals surface area contributed by atoms with Gasteiger partial charge in [-0.05, 0) is 36.9 Å². The maximum absolute atomic E-state index is 10.7. The maximum Gasteiger partial charge on any atom is 0.269 e. The summed E-state index contributed by atoms with van der Waals surface area (Å²) in [6.45, 7) is 4.41. The number of ether oxygens (including phenoxy) is 1. The molecular weight excluding hydrogens is 326 g/mol. The molecule has 1 heterocycles. The monoisotopic (exact) mass is 349 g/mol. The Hall–Kier alpha value is -1.80. The summed E-state index contributed by atoms with van der Waals surface area (Å²) < 4.78 is 5.06. The summed E-state index contributed by atoms with van der Waals surface area (Å²) in [5.74, 6) is 0. The van der Waals surface area contributed by atoms with Crippen LogP contribution in [0.2, 0.25) is 0 Å². The van der Waals surface area contributed by atoms with Gasteiger partial charge in [-0.25, -0.2) is 0 Å². The second kappa shape index (κ2) is 9.48. The van der Waals surface area contributed by atoms with E-state index in [9.17, 15) is 10.1 Å². The van der Waals surface area contributed by atoms with E-state index in [1.165, 1.54) is 4.88 Å². The van der Waals surface area contributed by atoms with Gasteiger partial charge in [0.1, 0.15) is 0 Å². The van der Waals surface area contributed by atoms with Crippen LogP contribution in [0, 0.1) is 10.1 Å². The Balaban J connectivity index is 1.79. The first kappa shape index (κ1) is 18.5. The van der Waals surface area contributed by atoms with Crippen molar-refractivity contribution in [2.75, 3.05) is 40.4 Å². The minimum absolute atomic E-state index is 0.120. The second-order valence-corrected chi connectivity index (χ2v) is 6.71. The number of nitrogens with zero attached hydrogens (tertiary/aromatic N) is 2.